The Morgan fingerprint density at radius 1 is 1.13 bits per heavy atom. The van der Waals surface area contributed by atoms with E-state index < -0.39 is 24.5 Å². The molecule has 4 rings (SSSR count). The first-order valence-corrected chi connectivity index (χ1v) is 10.8. The molecule has 1 N–H and O–H groups in total. The summed E-state index contributed by atoms with van der Waals surface area (Å²) < 4.78 is 10.3. The molecule has 8 heteroatoms. The smallest absolute Gasteiger partial charge is 0.330 e. The molecule has 2 aliphatic carbocycles. The lowest BCUT2D eigenvalue weighted by Crippen LogP contribution is -2.50. The van der Waals surface area contributed by atoms with E-state index in [1.165, 1.54) is 7.11 Å². The van der Waals surface area contributed by atoms with Gasteiger partial charge in [0, 0.05) is 11.8 Å². The van der Waals surface area contributed by atoms with E-state index in [2.05, 4.69) is 5.32 Å². The van der Waals surface area contributed by atoms with E-state index in [9.17, 15) is 19.2 Å². The van der Waals surface area contributed by atoms with E-state index in [-0.39, 0.29) is 41.4 Å². The molecule has 1 aliphatic heterocycles. The van der Waals surface area contributed by atoms with Gasteiger partial charge >= 0.3 is 5.97 Å². The Morgan fingerprint density at radius 3 is 2.35 bits per heavy atom. The van der Waals surface area contributed by atoms with Crippen LogP contribution in [0.2, 0.25) is 0 Å². The third kappa shape index (κ3) is 3.79. The number of hydrogen-bond donors (Lipinski definition) is 1. The van der Waals surface area contributed by atoms with Gasteiger partial charge in [0.1, 0.15) is 11.8 Å². The van der Waals surface area contributed by atoms with Crippen molar-refractivity contribution in [2.75, 3.05) is 19.0 Å². The third-order valence-electron chi connectivity index (χ3n) is 6.81. The molecule has 166 valence electrons. The average molecular weight is 428 g/mol. The molecular weight excluding hydrogens is 400 g/mol. The summed E-state index contributed by atoms with van der Waals surface area (Å²) >= 11 is 0. The Morgan fingerprint density at radius 2 is 1.77 bits per heavy atom. The van der Waals surface area contributed by atoms with Crippen molar-refractivity contribution in [3.05, 3.63) is 24.3 Å². The molecule has 3 amide bonds. The predicted octanol–water partition coefficient (Wildman–Crippen LogP) is 2.23. The van der Waals surface area contributed by atoms with Gasteiger partial charge in [-0.25, -0.2) is 4.79 Å². The molecule has 1 aromatic carbocycles. The van der Waals surface area contributed by atoms with Gasteiger partial charge in [-0.2, -0.15) is 0 Å². The number of anilines is 1. The molecule has 2 bridgehead atoms. The summed E-state index contributed by atoms with van der Waals surface area (Å²) in [5.41, 5.74) is 0.508. The predicted molar refractivity (Wildman–Crippen MR) is 111 cm³/mol. The molecular formula is C23H28N2O6. The third-order valence-corrected chi connectivity index (χ3v) is 6.81. The summed E-state index contributed by atoms with van der Waals surface area (Å²) in [5, 5.41) is 2.64. The number of amides is 3. The maximum Gasteiger partial charge on any atom is 0.330 e. The number of nitrogens with one attached hydrogen (secondary N) is 1. The van der Waals surface area contributed by atoms with Crippen LogP contribution in [0.4, 0.5) is 5.69 Å². The molecule has 3 aliphatic rings. The Hall–Kier alpha value is -2.90. The van der Waals surface area contributed by atoms with E-state index in [1.54, 1.807) is 38.1 Å². The zero-order valence-corrected chi connectivity index (χ0v) is 18.0. The number of nitrogens with zero attached hydrogens (tertiary/aromatic N) is 1. The minimum absolute atomic E-state index is 0.244. The van der Waals surface area contributed by atoms with Gasteiger partial charge in [-0.15, -0.1) is 0 Å². The Kier molecular flexibility index (Phi) is 5.73. The van der Waals surface area contributed by atoms with Crippen LogP contribution in [0.5, 0.6) is 5.75 Å². The summed E-state index contributed by atoms with van der Waals surface area (Å²) in [5.74, 6) is -1.59. The van der Waals surface area contributed by atoms with Gasteiger partial charge in [-0.1, -0.05) is 19.9 Å². The Labute approximate surface area is 181 Å². The summed E-state index contributed by atoms with van der Waals surface area (Å²) in [4.78, 5) is 52.4. The van der Waals surface area contributed by atoms with Crippen LogP contribution in [-0.4, -0.2) is 48.3 Å². The molecule has 1 aromatic rings. The van der Waals surface area contributed by atoms with E-state index in [1.807, 2.05) is 0 Å². The fraction of sp³-hybridized carbons (Fsp3) is 0.565. The van der Waals surface area contributed by atoms with Crippen molar-refractivity contribution in [2.24, 2.45) is 29.6 Å². The molecule has 0 unspecified atom stereocenters. The van der Waals surface area contributed by atoms with Crippen LogP contribution < -0.4 is 10.1 Å². The second-order valence-corrected chi connectivity index (χ2v) is 9.01. The first-order chi connectivity index (χ1) is 14.8. The highest BCUT2D eigenvalue weighted by Crippen LogP contribution is 2.56. The maximum atomic E-state index is 13.1. The number of fused-ring (bicyclic) bond motifs is 5. The Bertz CT molecular complexity index is 885. The SMILES string of the molecule is COc1cccc(NC(=O)COC(=O)[C@H](C(C)C)N2C(=O)[C@@H]3[C@H]4CC[C@@H](C4)[C@H]3C2=O)c1. The molecule has 31 heavy (non-hydrogen) atoms. The molecule has 1 saturated heterocycles. The van der Waals surface area contributed by atoms with Crippen molar-refractivity contribution in [3.63, 3.8) is 0 Å². The number of methoxy groups -OCH3 is 1. The number of likely N-dealkylation sites (tertiary alicyclic amines) is 1. The zero-order chi connectivity index (χ0) is 22.3. The zero-order valence-electron chi connectivity index (χ0n) is 18.0. The number of carbonyl (C=O) groups excluding carboxylic acids is 4. The summed E-state index contributed by atoms with van der Waals surface area (Å²) in [7, 11) is 1.52. The molecule has 0 spiro atoms. The van der Waals surface area contributed by atoms with E-state index in [0.717, 1.165) is 24.2 Å². The van der Waals surface area contributed by atoms with Crippen molar-refractivity contribution < 1.29 is 28.7 Å². The van der Waals surface area contributed by atoms with E-state index in [4.69, 9.17) is 9.47 Å². The highest BCUT2D eigenvalue weighted by Gasteiger charge is 2.62. The Balaban J connectivity index is 1.40. The molecule has 2 saturated carbocycles. The molecule has 5 atom stereocenters. The highest BCUT2D eigenvalue weighted by atomic mass is 16.5. The number of rotatable bonds is 7. The van der Waals surface area contributed by atoms with Crippen molar-refractivity contribution in [3.8, 4) is 5.75 Å². The fourth-order valence-corrected chi connectivity index (χ4v) is 5.50. The average Bonchev–Trinajstić information content (AvgIpc) is 3.42. The monoisotopic (exact) mass is 428 g/mol. The second kappa shape index (κ2) is 8.32. The lowest BCUT2D eigenvalue weighted by molar-refractivity contribution is -0.162. The van der Waals surface area contributed by atoms with Crippen LogP contribution in [0, 0.1) is 29.6 Å². The number of carbonyl (C=O) groups is 4. The number of ether oxygens (including phenoxy) is 2. The van der Waals surface area contributed by atoms with Crippen molar-refractivity contribution >= 4 is 29.4 Å². The first-order valence-electron chi connectivity index (χ1n) is 10.8. The summed E-state index contributed by atoms with van der Waals surface area (Å²) in [6.07, 6.45) is 2.88. The maximum absolute atomic E-state index is 13.1. The quantitative estimate of drug-likeness (QED) is 0.528. The first kappa shape index (κ1) is 21.3. The van der Waals surface area contributed by atoms with Gasteiger partial charge in [0.15, 0.2) is 6.61 Å². The molecule has 1 heterocycles. The van der Waals surface area contributed by atoms with Gasteiger partial charge < -0.3 is 14.8 Å². The normalized spacial score (nSPS) is 27.4. The fourth-order valence-electron chi connectivity index (χ4n) is 5.50. The molecule has 8 nitrogen and oxygen atoms in total. The van der Waals surface area contributed by atoms with E-state index >= 15 is 0 Å². The second-order valence-electron chi connectivity index (χ2n) is 9.01. The highest BCUT2D eigenvalue weighted by molar-refractivity contribution is 6.08. The van der Waals surface area contributed by atoms with Crippen LogP contribution >= 0.6 is 0 Å². The van der Waals surface area contributed by atoms with Gasteiger partial charge in [0.25, 0.3) is 5.91 Å². The molecule has 0 radical (unpaired) electrons. The standard InChI is InChI=1S/C23H28N2O6/c1-12(2)20(25-21(27)18-13-7-8-14(9-13)19(18)22(25)28)23(29)31-11-17(26)24-15-5-4-6-16(10-15)30-3/h4-6,10,12-14,18-20H,7-9,11H2,1-3H3,(H,24,26)/t13-,14-,18+,19+,20-/m0/s1. The van der Waals surface area contributed by atoms with Crippen molar-refractivity contribution in [1.29, 1.82) is 0 Å². The number of hydrogen-bond acceptors (Lipinski definition) is 6. The lowest BCUT2D eigenvalue weighted by atomic mass is 9.81. The molecule has 3 fully saturated rings. The summed E-state index contributed by atoms with van der Waals surface area (Å²) in [6.45, 7) is 3.03. The van der Waals surface area contributed by atoms with Crippen LogP contribution in [0.25, 0.3) is 0 Å². The largest absolute Gasteiger partial charge is 0.497 e. The van der Waals surface area contributed by atoms with Crippen LogP contribution in [0.1, 0.15) is 33.1 Å². The van der Waals surface area contributed by atoms with Gasteiger partial charge in [-0.05, 0) is 49.1 Å². The van der Waals surface area contributed by atoms with E-state index in [0.29, 0.717) is 11.4 Å². The van der Waals surface area contributed by atoms with Crippen LogP contribution in [0.3, 0.4) is 0 Å². The summed E-state index contributed by atoms with van der Waals surface area (Å²) in [6, 6.07) is 5.78. The van der Waals surface area contributed by atoms with Gasteiger partial charge in [-0.3, -0.25) is 19.3 Å². The lowest BCUT2D eigenvalue weighted by Gasteiger charge is -2.28. The van der Waals surface area contributed by atoms with Crippen LogP contribution in [-0.2, 0) is 23.9 Å². The molecule has 0 aromatic heterocycles. The number of imide groups is 1. The van der Waals surface area contributed by atoms with Gasteiger partial charge in [0.05, 0.1) is 18.9 Å². The number of esters is 1. The number of benzene rings is 1. The topological polar surface area (TPSA) is 102 Å². The minimum Gasteiger partial charge on any atom is -0.497 e. The van der Waals surface area contributed by atoms with Crippen LogP contribution in [0.15, 0.2) is 24.3 Å². The minimum atomic E-state index is -1.02. The van der Waals surface area contributed by atoms with Crippen molar-refractivity contribution in [2.45, 2.75) is 39.2 Å². The van der Waals surface area contributed by atoms with Crippen molar-refractivity contribution in [1.82, 2.24) is 4.90 Å². The van der Waals surface area contributed by atoms with Gasteiger partial charge in [0.2, 0.25) is 11.8 Å².